The monoisotopic (exact) mass is 582 g/mol. The lowest BCUT2D eigenvalue weighted by Crippen LogP contribution is -2.47. The van der Waals surface area contributed by atoms with Crippen LogP contribution in [0.2, 0.25) is 5.02 Å². The summed E-state index contributed by atoms with van der Waals surface area (Å²) in [7, 11) is 0. The lowest BCUT2D eigenvalue weighted by Gasteiger charge is -2.35. The van der Waals surface area contributed by atoms with Crippen LogP contribution in [0, 0.1) is 10.8 Å². The largest absolute Gasteiger partial charge is 0.394 e. The predicted molar refractivity (Wildman–Crippen MR) is 149 cm³/mol. The number of rotatable bonds is 8. The van der Waals surface area contributed by atoms with Crippen LogP contribution in [0.1, 0.15) is 50.9 Å². The van der Waals surface area contributed by atoms with E-state index in [2.05, 4.69) is 25.6 Å². The number of aliphatic hydroxyl groups is 1. The number of nitrogens with one attached hydrogen (secondary N) is 3. The van der Waals surface area contributed by atoms with Crippen molar-refractivity contribution >= 4 is 23.5 Å². The zero-order chi connectivity index (χ0) is 29.5. The van der Waals surface area contributed by atoms with E-state index in [-0.39, 0.29) is 11.4 Å². The van der Waals surface area contributed by atoms with Gasteiger partial charge in [-0.25, -0.2) is 9.67 Å². The summed E-state index contributed by atoms with van der Waals surface area (Å²) in [5.41, 5.74) is 1.20. The Kier molecular flexibility index (Phi) is 7.39. The lowest BCUT2D eigenvalue weighted by atomic mass is 9.75. The first kappa shape index (κ1) is 28.4. The van der Waals surface area contributed by atoms with Gasteiger partial charge in [0.1, 0.15) is 11.9 Å². The van der Waals surface area contributed by atoms with Crippen molar-refractivity contribution in [3.8, 4) is 22.5 Å². The van der Waals surface area contributed by atoms with Crippen molar-refractivity contribution in [1.82, 2.24) is 35.2 Å². The maximum Gasteiger partial charge on any atom is 0.333 e. The summed E-state index contributed by atoms with van der Waals surface area (Å²) in [6.45, 7) is 2.79. The Morgan fingerprint density at radius 2 is 1.88 bits per heavy atom. The smallest absolute Gasteiger partial charge is 0.333 e. The van der Waals surface area contributed by atoms with E-state index in [4.69, 9.17) is 17.0 Å². The summed E-state index contributed by atoms with van der Waals surface area (Å²) in [5, 5.41) is 33.2. The Morgan fingerprint density at radius 1 is 1.15 bits per heavy atom. The molecule has 1 saturated heterocycles. The number of hydrogen-bond acceptors (Lipinski definition) is 6. The molecule has 0 spiro atoms. The van der Waals surface area contributed by atoms with Gasteiger partial charge in [0.15, 0.2) is 11.8 Å². The molecule has 1 amide bonds. The summed E-state index contributed by atoms with van der Waals surface area (Å²) in [5.74, 6) is -0.126. The van der Waals surface area contributed by atoms with Crippen molar-refractivity contribution in [2.45, 2.75) is 45.3 Å². The molecule has 2 atom stereocenters. The molecule has 2 aromatic heterocycles. The third kappa shape index (κ3) is 5.32. The number of hydrogen-bond donors (Lipinski definition) is 4. The van der Waals surface area contributed by atoms with Gasteiger partial charge < -0.3 is 10.4 Å². The number of guanidine groups is 1. The summed E-state index contributed by atoms with van der Waals surface area (Å²) < 4.78 is 26.6. The summed E-state index contributed by atoms with van der Waals surface area (Å²) >= 11 is 6.40. The lowest BCUT2D eigenvalue weighted by molar-refractivity contribution is -0.134. The number of benzene rings is 2. The van der Waals surface area contributed by atoms with Crippen LogP contribution in [0.5, 0.6) is 0 Å². The van der Waals surface area contributed by atoms with Crippen LogP contribution in [0.3, 0.4) is 0 Å². The van der Waals surface area contributed by atoms with E-state index in [1.54, 1.807) is 42.5 Å². The number of amides is 1. The topological polar surface area (TPSA) is 136 Å². The molecule has 10 nitrogen and oxygen atoms in total. The number of halogens is 3. The van der Waals surface area contributed by atoms with Crippen LogP contribution in [0.4, 0.5) is 8.78 Å². The Morgan fingerprint density at radius 3 is 2.46 bits per heavy atom. The standard InChI is InChI=1S/C28H29ClF2N8O2/c1-27(2,3)14-28(19-7-4-16(5-8-19)18-11-35-38(12-18)25(30)31)24(41)39(26(32)36-28)22(13-40)17-6-9-21(29)20(10-17)23-33-15-34-37-23/h4-12,15,22,25,40H,13-14H2,1-3H3,(H2,32,36)(H,33,34,37)/t22-,28-/m1/s1. The third-order valence-corrected chi connectivity index (χ3v) is 7.32. The summed E-state index contributed by atoms with van der Waals surface area (Å²) in [4.78, 5) is 19.8. The predicted octanol–water partition coefficient (Wildman–Crippen LogP) is 5.12. The van der Waals surface area contributed by atoms with Crippen LogP contribution in [-0.2, 0) is 10.3 Å². The summed E-state index contributed by atoms with van der Waals surface area (Å²) in [6, 6.07) is 11.1. The molecule has 5 rings (SSSR count). The fraction of sp³-hybridized carbons (Fsp3) is 0.321. The highest BCUT2D eigenvalue weighted by Crippen LogP contribution is 2.43. The van der Waals surface area contributed by atoms with Crippen LogP contribution in [-0.4, -0.2) is 53.4 Å². The molecule has 1 fully saturated rings. The second-order valence-corrected chi connectivity index (χ2v) is 11.5. The van der Waals surface area contributed by atoms with E-state index >= 15 is 0 Å². The van der Waals surface area contributed by atoms with Gasteiger partial charge >= 0.3 is 6.55 Å². The van der Waals surface area contributed by atoms with Gasteiger partial charge in [-0.15, -0.1) is 0 Å². The first-order valence-electron chi connectivity index (χ1n) is 12.8. The number of aromatic amines is 1. The van der Waals surface area contributed by atoms with Gasteiger partial charge in [-0.2, -0.15) is 19.0 Å². The summed E-state index contributed by atoms with van der Waals surface area (Å²) in [6.07, 6.45) is 4.30. The molecule has 0 radical (unpaired) electrons. The minimum absolute atomic E-state index is 0.156. The van der Waals surface area contributed by atoms with E-state index in [1.165, 1.54) is 23.6 Å². The minimum atomic E-state index is -2.75. The van der Waals surface area contributed by atoms with E-state index in [0.29, 0.717) is 49.8 Å². The molecule has 41 heavy (non-hydrogen) atoms. The van der Waals surface area contributed by atoms with Crippen LogP contribution >= 0.6 is 11.6 Å². The number of aromatic nitrogens is 5. The number of carbonyl (C=O) groups is 1. The molecule has 1 aliphatic heterocycles. The Balaban J connectivity index is 1.53. The highest BCUT2D eigenvalue weighted by molar-refractivity contribution is 6.33. The quantitative estimate of drug-likeness (QED) is 0.228. The molecule has 3 heterocycles. The number of H-pyrrole nitrogens is 1. The molecule has 0 bridgehead atoms. The van der Waals surface area contributed by atoms with Gasteiger partial charge in [0.25, 0.3) is 5.91 Å². The molecule has 4 N–H and O–H groups in total. The van der Waals surface area contributed by atoms with Crippen LogP contribution in [0.25, 0.3) is 22.5 Å². The second kappa shape index (κ2) is 10.7. The van der Waals surface area contributed by atoms with E-state index in [9.17, 15) is 18.7 Å². The number of aliphatic hydroxyl groups excluding tert-OH is 1. The number of nitrogens with zero attached hydrogens (tertiary/aromatic N) is 5. The van der Waals surface area contributed by atoms with E-state index in [1.807, 2.05) is 20.8 Å². The maximum absolute atomic E-state index is 14.4. The van der Waals surface area contributed by atoms with Crippen LogP contribution in [0.15, 0.2) is 61.2 Å². The van der Waals surface area contributed by atoms with Crippen molar-refractivity contribution in [3.63, 3.8) is 0 Å². The zero-order valence-electron chi connectivity index (χ0n) is 22.6. The first-order chi connectivity index (χ1) is 19.4. The fourth-order valence-electron chi connectivity index (χ4n) is 5.28. The number of carbonyl (C=O) groups excluding carboxylic acids is 1. The normalized spacial score (nSPS) is 18.3. The molecule has 0 aliphatic carbocycles. The average molecular weight is 583 g/mol. The van der Waals surface area contributed by atoms with Gasteiger partial charge in [-0.3, -0.25) is 20.2 Å². The third-order valence-electron chi connectivity index (χ3n) is 6.99. The van der Waals surface area contributed by atoms with Crippen molar-refractivity contribution in [3.05, 3.63) is 77.3 Å². The molecule has 0 saturated carbocycles. The van der Waals surface area contributed by atoms with Crippen LogP contribution < -0.4 is 5.32 Å². The van der Waals surface area contributed by atoms with Crippen molar-refractivity contribution in [2.75, 3.05) is 6.61 Å². The highest BCUT2D eigenvalue weighted by atomic mass is 35.5. The SMILES string of the molecule is CC(C)(C)C[C@]1(c2ccc(-c3cnn(C(F)F)c3)cc2)NC(=N)N([C@H](CO)c2ccc(Cl)c(-c3ncn[nH]3)c2)C1=O. The highest BCUT2D eigenvalue weighted by Gasteiger charge is 2.54. The van der Waals surface area contributed by atoms with Gasteiger partial charge in [0.2, 0.25) is 0 Å². The zero-order valence-corrected chi connectivity index (χ0v) is 23.3. The molecule has 1 aliphatic rings. The van der Waals surface area contributed by atoms with Crippen molar-refractivity contribution in [1.29, 1.82) is 5.41 Å². The number of alkyl halides is 2. The Labute approximate surface area is 239 Å². The molecular weight excluding hydrogens is 554 g/mol. The molecule has 4 aromatic rings. The average Bonchev–Trinajstić information content (AvgIpc) is 3.67. The maximum atomic E-state index is 14.4. The Bertz CT molecular complexity index is 1570. The van der Waals surface area contributed by atoms with Crippen molar-refractivity contribution < 1.29 is 18.7 Å². The van der Waals surface area contributed by atoms with Crippen molar-refractivity contribution in [2.24, 2.45) is 5.41 Å². The first-order valence-corrected chi connectivity index (χ1v) is 13.2. The molecular formula is C28H29ClF2N8O2. The van der Waals surface area contributed by atoms with E-state index in [0.717, 1.165) is 0 Å². The second-order valence-electron chi connectivity index (χ2n) is 11.1. The van der Waals surface area contributed by atoms with Gasteiger partial charge in [-0.1, -0.05) is 62.7 Å². The Hall–Kier alpha value is -4.16. The fourth-order valence-corrected chi connectivity index (χ4v) is 5.48. The molecule has 214 valence electrons. The van der Waals surface area contributed by atoms with Gasteiger partial charge in [-0.05, 0) is 40.7 Å². The van der Waals surface area contributed by atoms with E-state index < -0.39 is 30.6 Å². The van der Waals surface area contributed by atoms with Gasteiger partial charge in [0.05, 0.1) is 23.9 Å². The minimum Gasteiger partial charge on any atom is -0.394 e. The molecule has 13 heteroatoms. The van der Waals surface area contributed by atoms with Gasteiger partial charge in [0, 0.05) is 17.3 Å². The molecule has 2 aromatic carbocycles. The molecule has 0 unspecified atom stereocenters.